The number of hydrogen-bond acceptors (Lipinski definition) is 6. The molecule has 1 N–H and O–H groups in total. The Morgan fingerprint density at radius 3 is 3.12 bits per heavy atom. The molecule has 0 aliphatic heterocycles. The number of nitrogens with zero attached hydrogens (tertiary/aromatic N) is 2. The van der Waals surface area contributed by atoms with Crippen molar-refractivity contribution in [3.63, 3.8) is 0 Å². The van der Waals surface area contributed by atoms with E-state index in [9.17, 15) is 4.79 Å². The molecule has 6 nitrogen and oxygen atoms in total. The van der Waals surface area contributed by atoms with Crippen LogP contribution in [-0.2, 0) is 16.0 Å². The molecule has 1 atom stereocenters. The van der Waals surface area contributed by atoms with Gasteiger partial charge < -0.3 is 14.6 Å². The van der Waals surface area contributed by atoms with Crippen molar-refractivity contribution < 1.29 is 14.1 Å². The van der Waals surface area contributed by atoms with Crippen LogP contribution in [0.25, 0.3) is 0 Å². The molecule has 1 aromatic heterocycles. The van der Waals surface area contributed by atoms with E-state index >= 15 is 0 Å². The monoisotopic (exact) mass is 225 g/mol. The molecule has 1 saturated carbocycles. The Hall–Kier alpha value is -1.43. The quantitative estimate of drug-likeness (QED) is 0.694. The number of esters is 1. The standard InChI is InChI=1S/C10H15N3O3/c1-15-10(14)9(7-2-3-7)11-5-4-8-12-6-13-16-8/h6-7,9,11H,2-5H2,1H3. The summed E-state index contributed by atoms with van der Waals surface area (Å²) in [5, 5.41) is 6.68. The minimum atomic E-state index is -0.187. The van der Waals surface area contributed by atoms with E-state index in [1.165, 1.54) is 13.4 Å². The van der Waals surface area contributed by atoms with Crippen molar-refractivity contribution in [3.05, 3.63) is 12.2 Å². The molecular weight excluding hydrogens is 210 g/mol. The van der Waals surface area contributed by atoms with Crippen LogP contribution in [0.2, 0.25) is 0 Å². The predicted molar refractivity (Wildman–Crippen MR) is 54.5 cm³/mol. The first-order valence-electron chi connectivity index (χ1n) is 5.38. The van der Waals surface area contributed by atoms with Crippen LogP contribution in [-0.4, -0.2) is 35.8 Å². The molecule has 2 rings (SSSR count). The fraction of sp³-hybridized carbons (Fsp3) is 0.700. The highest BCUT2D eigenvalue weighted by Gasteiger charge is 2.36. The van der Waals surface area contributed by atoms with Gasteiger partial charge in [-0.25, -0.2) is 0 Å². The number of hydrogen-bond donors (Lipinski definition) is 1. The zero-order valence-electron chi connectivity index (χ0n) is 9.18. The lowest BCUT2D eigenvalue weighted by molar-refractivity contribution is -0.143. The van der Waals surface area contributed by atoms with Crippen molar-refractivity contribution in [2.45, 2.75) is 25.3 Å². The van der Waals surface area contributed by atoms with Crippen LogP contribution in [0.15, 0.2) is 10.9 Å². The summed E-state index contributed by atoms with van der Waals surface area (Å²) in [6.07, 6.45) is 4.18. The van der Waals surface area contributed by atoms with Crippen LogP contribution in [0.1, 0.15) is 18.7 Å². The Bertz CT molecular complexity index is 335. The van der Waals surface area contributed by atoms with Crippen molar-refractivity contribution in [1.29, 1.82) is 0 Å². The minimum Gasteiger partial charge on any atom is -0.468 e. The number of aromatic nitrogens is 2. The summed E-state index contributed by atoms with van der Waals surface area (Å²) in [5.74, 6) is 0.815. The molecule has 1 heterocycles. The van der Waals surface area contributed by atoms with E-state index in [-0.39, 0.29) is 12.0 Å². The molecule has 0 saturated heterocycles. The van der Waals surface area contributed by atoms with E-state index in [4.69, 9.17) is 9.26 Å². The molecule has 6 heteroatoms. The van der Waals surface area contributed by atoms with Gasteiger partial charge in [-0.1, -0.05) is 5.16 Å². The van der Waals surface area contributed by atoms with E-state index < -0.39 is 0 Å². The predicted octanol–water partition coefficient (Wildman–Crippen LogP) is 0.153. The van der Waals surface area contributed by atoms with Gasteiger partial charge in [-0.2, -0.15) is 4.98 Å². The molecule has 1 aliphatic carbocycles. The van der Waals surface area contributed by atoms with Crippen molar-refractivity contribution >= 4 is 5.97 Å². The molecule has 0 amide bonds. The SMILES string of the molecule is COC(=O)C(NCCc1ncno1)C1CC1. The number of methoxy groups -OCH3 is 1. The molecular formula is C10H15N3O3. The number of nitrogens with one attached hydrogen (secondary N) is 1. The normalized spacial score (nSPS) is 17.1. The average molecular weight is 225 g/mol. The molecule has 0 aromatic carbocycles. The van der Waals surface area contributed by atoms with Crippen LogP contribution in [0.4, 0.5) is 0 Å². The highest BCUT2D eigenvalue weighted by atomic mass is 16.5. The van der Waals surface area contributed by atoms with E-state index in [0.717, 1.165) is 12.8 Å². The van der Waals surface area contributed by atoms with Gasteiger partial charge in [0.1, 0.15) is 6.04 Å². The van der Waals surface area contributed by atoms with Crippen LogP contribution in [0.5, 0.6) is 0 Å². The second-order valence-corrected chi connectivity index (χ2v) is 3.88. The van der Waals surface area contributed by atoms with Crippen molar-refractivity contribution in [1.82, 2.24) is 15.5 Å². The molecule has 0 bridgehead atoms. The van der Waals surface area contributed by atoms with Gasteiger partial charge >= 0.3 is 5.97 Å². The van der Waals surface area contributed by atoms with Crippen LogP contribution < -0.4 is 5.32 Å². The Balaban J connectivity index is 1.76. The largest absolute Gasteiger partial charge is 0.468 e. The van der Waals surface area contributed by atoms with E-state index in [0.29, 0.717) is 24.8 Å². The van der Waals surface area contributed by atoms with Crippen LogP contribution >= 0.6 is 0 Å². The third-order valence-corrected chi connectivity index (χ3v) is 2.66. The van der Waals surface area contributed by atoms with Gasteiger partial charge in [0.05, 0.1) is 7.11 Å². The Labute approximate surface area is 93.4 Å². The zero-order chi connectivity index (χ0) is 11.4. The van der Waals surface area contributed by atoms with E-state index in [1.807, 2.05) is 0 Å². The maximum atomic E-state index is 11.4. The maximum absolute atomic E-state index is 11.4. The van der Waals surface area contributed by atoms with E-state index in [2.05, 4.69) is 15.5 Å². The summed E-state index contributed by atoms with van der Waals surface area (Å²) < 4.78 is 9.61. The maximum Gasteiger partial charge on any atom is 0.323 e. The van der Waals surface area contributed by atoms with Gasteiger partial charge in [-0.3, -0.25) is 4.79 Å². The summed E-state index contributed by atoms with van der Waals surface area (Å²) in [7, 11) is 1.41. The zero-order valence-corrected chi connectivity index (χ0v) is 9.18. The fourth-order valence-corrected chi connectivity index (χ4v) is 1.64. The summed E-state index contributed by atoms with van der Waals surface area (Å²) in [5.41, 5.74) is 0. The third kappa shape index (κ3) is 2.79. The lowest BCUT2D eigenvalue weighted by Gasteiger charge is -2.14. The van der Waals surface area contributed by atoms with Crippen molar-refractivity contribution in [2.24, 2.45) is 5.92 Å². The topological polar surface area (TPSA) is 77.2 Å². The molecule has 1 aromatic rings. The summed E-state index contributed by atoms with van der Waals surface area (Å²) in [6.45, 7) is 0.637. The molecule has 1 fully saturated rings. The number of ether oxygens (including phenoxy) is 1. The number of carbonyl (C=O) groups is 1. The van der Waals surface area contributed by atoms with Crippen molar-refractivity contribution in [2.75, 3.05) is 13.7 Å². The van der Waals surface area contributed by atoms with Gasteiger partial charge in [-0.05, 0) is 18.8 Å². The highest BCUT2D eigenvalue weighted by Crippen LogP contribution is 2.33. The lowest BCUT2D eigenvalue weighted by Crippen LogP contribution is -2.40. The molecule has 88 valence electrons. The first-order chi connectivity index (χ1) is 7.81. The molecule has 16 heavy (non-hydrogen) atoms. The second kappa shape index (κ2) is 5.07. The summed E-state index contributed by atoms with van der Waals surface area (Å²) in [6, 6.07) is -0.187. The van der Waals surface area contributed by atoms with Crippen molar-refractivity contribution in [3.8, 4) is 0 Å². The van der Waals surface area contributed by atoms with Gasteiger partial charge in [0.25, 0.3) is 0 Å². The van der Waals surface area contributed by atoms with Gasteiger partial charge in [0.2, 0.25) is 5.89 Å². The number of rotatable bonds is 6. The second-order valence-electron chi connectivity index (χ2n) is 3.88. The Morgan fingerprint density at radius 1 is 1.75 bits per heavy atom. The molecule has 0 radical (unpaired) electrons. The van der Waals surface area contributed by atoms with Gasteiger partial charge in [-0.15, -0.1) is 0 Å². The molecule has 1 aliphatic rings. The number of carbonyl (C=O) groups excluding carboxylic acids is 1. The highest BCUT2D eigenvalue weighted by molar-refractivity contribution is 5.76. The van der Waals surface area contributed by atoms with Gasteiger partial charge in [0.15, 0.2) is 6.33 Å². The Kier molecular flexibility index (Phi) is 3.51. The van der Waals surface area contributed by atoms with Crippen LogP contribution in [0.3, 0.4) is 0 Å². The molecule has 0 spiro atoms. The van der Waals surface area contributed by atoms with Gasteiger partial charge in [0, 0.05) is 13.0 Å². The minimum absolute atomic E-state index is 0.187. The third-order valence-electron chi connectivity index (χ3n) is 2.66. The Morgan fingerprint density at radius 2 is 2.56 bits per heavy atom. The van der Waals surface area contributed by atoms with E-state index in [1.54, 1.807) is 0 Å². The van der Waals surface area contributed by atoms with Crippen LogP contribution in [0, 0.1) is 5.92 Å². The fourth-order valence-electron chi connectivity index (χ4n) is 1.64. The molecule has 1 unspecified atom stereocenters. The smallest absolute Gasteiger partial charge is 0.323 e. The first kappa shape index (κ1) is 11.1. The summed E-state index contributed by atoms with van der Waals surface area (Å²) in [4.78, 5) is 15.4. The lowest BCUT2D eigenvalue weighted by atomic mass is 10.2. The summed E-state index contributed by atoms with van der Waals surface area (Å²) >= 11 is 0. The average Bonchev–Trinajstić information content (AvgIpc) is 3.00. The first-order valence-corrected chi connectivity index (χ1v) is 5.38.